The average molecular weight is 819 g/mol. The van der Waals surface area contributed by atoms with Crippen LogP contribution < -0.4 is 20.7 Å². The third kappa shape index (κ3) is 5.85. The summed E-state index contributed by atoms with van der Waals surface area (Å²) in [7, 11) is -2.87. The van der Waals surface area contributed by atoms with Crippen LogP contribution in [0.15, 0.2) is 255 Å². The van der Waals surface area contributed by atoms with Crippen LogP contribution in [-0.4, -0.2) is 17.2 Å². The minimum atomic E-state index is -2.87. The van der Waals surface area contributed by atoms with E-state index in [1.807, 2.05) is 0 Å². The van der Waals surface area contributed by atoms with E-state index in [0.29, 0.717) is 0 Å². The molecule has 12 rings (SSSR count). The Hall–Kier alpha value is -7.98. The molecule has 10 aromatic carbocycles. The number of benzene rings is 10. The molecule has 0 bridgehead atoms. The van der Waals surface area contributed by atoms with Crippen molar-refractivity contribution in [2.24, 2.45) is 0 Å². The average Bonchev–Trinajstić information content (AvgIpc) is 3.89. The van der Waals surface area contributed by atoms with Gasteiger partial charge in [0.25, 0.3) is 0 Å². The van der Waals surface area contributed by atoms with Gasteiger partial charge >= 0.3 is 0 Å². The number of para-hydroxylation sites is 2. The van der Waals surface area contributed by atoms with E-state index in [9.17, 15) is 0 Å². The van der Waals surface area contributed by atoms with Gasteiger partial charge in [0.05, 0.1) is 22.1 Å². The Morgan fingerprint density at radius 2 is 0.778 bits per heavy atom. The van der Waals surface area contributed by atoms with E-state index in [2.05, 4.69) is 264 Å². The van der Waals surface area contributed by atoms with Gasteiger partial charge in [0, 0.05) is 38.5 Å². The van der Waals surface area contributed by atoms with Gasteiger partial charge in [0.2, 0.25) is 0 Å². The zero-order valence-corrected chi connectivity index (χ0v) is 35.6. The topological polar surface area (TPSA) is 9.86 Å². The Bertz CT molecular complexity index is 3480. The van der Waals surface area contributed by atoms with E-state index in [4.69, 9.17) is 0 Å². The molecule has 0 amide bonds. The maximum atomic E-state index is 2.51. The summed E-state index contributed by atoms with van der Waals surface area (Å²) < 4.78 is 5.00. The third-order valence-electron chi connectivity index (χ3n) is 13.1. The van der Waals surface area contributed by atoms with Gasteiger partial charge in [-0.3, -0.25) is 0 Å². The number of fused-ring (bicyclic) bond motifs is 6. The molecule has 63 heavy (non-hydrogen) atoms. The lowest BCUT2D eigenvalue weighted by Crippen LogP contribution is -2.74. The lowest BCUT2D eigenvalue weighted by Gasteiger charge is -2.35. The van der Waals surface area contributed by atoms with Crippen molar-refractivity contribution in [3.05, 3.63) is 255 Å². The van der Waals surface area contributed by atoms with Gasteiger partial charge in [-0.15, -0.1) is 0 Å². The molecule has 3 heteroatoms. The molecule has 0 spiro atoms. The number of nitrogens with zero attached hydrogens (tertiary/aromatic N) is 2. The van der Waals surface area contributed by atoms with Crippen LogP contribution in [0, 0.1) is 0 Å². The fourth-order valence-corrected chi connectivity index (χ4v) is 15.4. The van der Waals surface area contributed by atoms with Crippen LogP contribution in [0.3, 0.4) is 0 Å². The Kier molecular flexibility index (Phi) is 8.87. The highest BCUT2D eigenvalue weighted by molar-refractivity contribution is 7.20. The molecule has 0 saturated carbocycles. The molecule has 0 atom stereocenters. The fourth-order valence-electron chi connectivity index (χ4n) is 10.4. The molecule has 2 heterocycles. The highest BCUT2D eigenvalue weighted by Gasteiger charge is 2.43. The maximum Gasteiger partial charge on any atom is 0.180 e. The summed E-state index contributed by atoms with van der Waals surface area (Å²) in [5.74, 6) is 0. The van der Waals surface area contributed by atoms with Crippen molar-refractivity contribution in [1.82, 2.24) is 9.13 Å². The molecule has 0 aliphatic rings. The molecule has 0 radical (unpaired) electrons. The van der Waals surface area contributed by atoms with E-state index < -0.39 is 8.07 Å². The summed E-state index contributed by atoms with van der Waals surface area (Å²) in [6.07, 6.45) is 0. The standard InChI is InChI=1S/C60H42N2Si/c1-6-20-43(21-7-1)44-36-38-46(39-37-44)62-57-42-47(40-41-52(57)53-32-18-31-51(60(53)62)45-22-8-2-9-23-45)61-55-33-17-16-30-54(55)59-56(61)34-19-35-58(59)63(48-24-10-3-11-25-48,49-26-12-4-13-27-49)50-28-14-5-15-29-50/h1-42H. The van der Waals surface area contributed by atoms with Gasteiger partial charge < -0.3 is 9.13 Å². The SMILES string of the molecule is c1ccc(-c2ccc(-n3c4cc(-n5c6ccccc6c6c([Si](c7ccccc7)(c7ccccc7)c7ccccc7)cccc65)ccc4c4cccc(-c5ccccc5)c43)cc2)cc1. The quantitative estimate of drug-likeness (QED) is 0.107. The zero-order valence-electron chi connectivity index (χ0n) is 34.6. The molecule has 2 nitrogen and oxygen atoms in total. The van der Waals surface area contributed by atoms with Crippen LogP contribution in [0.25, 0.3) is 77.2 Å². The first-order valence-corrected chi connectivity index (χ1v) is 23.8. The normalized spacial score (nSPS) is 11.8. The Morgan fingerprint density at radius 1 is 0.286 bits per heavy atom. The Labute approximate surface area is 368 Å². The van der Waals surface area contributed by atoms with Crippen LogP contribution in [-0.2, 0) is 0 Å². The minimum Gasteiger partial charge on any atom is -0.309 e. The Balaban J connectivity index is 1.16. The first-order chi connectivity index (χ1) is 31.3. The summed E-state index contributed by atoms with van der Waals surface area (Å²) in [6.45, 7) is 0. The van der Waals surface area contributed by atoms with E-state index in [0.717, 1.165) is 11.4 Å². The monoisotopic (exact) mass is 818 g/mol. The summed E-state index contributed by atoms with van der Waals surface area (Å²) >= 11 is 0. The lowest BCUT2D eigenvalue weighted by molar-refractivity contribution is 1.16. The van der Waals surface area contributed by atoms with Gasteiger partial charge in [-0.05, 0) is 73.8 Å². The van der Waals surface area contributed by atoms with Crippen molar-refractivity contribution < 1.29 is 0 Å². The van der Waals surface area contributed by atoms with Crippen molar-refractivity contribution in [3.63, 3.8) is 0 Å². The molecule has 0 aliphatic carbocycles. The largest absolute Gasteiger partial charge is 0.309 e. The molecule has 0 unspecified atom stereocenters. The lowest BCUT2D eigenvalue weighted by atomic mass is 10.0. The van der Waals surface area contributed by atoms with Gasteiger partial charge in [-0.1, -0.05) is 218 Å². The zero-order chi connectivity index (χ0) is 41.7. The van der Waals surface area contributed by atoms with Gasteiger partial charge in [-0.2, -0.15) is 0 Å². The molecular weight excluding hydrogens is 777 g/mol. The predicted octanol–water partition coefficient (Wildman–Crippen LogP) is 12.6. The van der Waals surface area contributed by atoms with Crippen LogP contribution in [0.1, 0.15) is 0 Å². The Morgan fingerprint density at radius 3 is 1.41 bits per heavy atom. The van der Waals surface area contributed by atoms with Crippen molar-refractivity contribution in [2.45, 2.75) is 0 Å². The van der Waals surface area contributed by atoms with E-state index in [1.165, 1.54) is 86.6 Å². The minimum absolute atomic E-state index is 1.13. The number of hydrogen-bond donors (Lipinski definition) is 0. The van der Waals surface area contributed by atoms with Crippen molar-refractivity contribution in [3.8, 4) is 33.6 Å². The fraction of sp³-hybridized carbons (Fsp3) is 0. The van der Waals surface area contributed by atoms with Gasteiger partial charge in [0.1, 0.15) is 0 Å². The van der Waals surface area contributed by atoms with Crippen molar-refractivity contribution in [1.29, 1.82) is 0 Å². The molecule has 0 saturated heterocycles. The van der Waals surface area contributed by atoms with Crippen LogP contribution >= 0.6 is 0 Å². The number of hydrogen-bond acceptors (Lipinski definition) is 0. The molecular formula is C60H42N2Si. The first kappa shape index (κ1) is 36.8. The molecule has 0 N–H and O–H groups in total. The van der Waals surface area contributed by atoms with E-state index >= 15 is 0 Å². The predicted molar refractivity (Wildman–Crippen MR) is 270 cm³/mol. The summed E-state index contributed by atoms with van der Waals surface area (Å²) in [5, 5.41) is 10.5. The smallest absolute Gasteiger partial charge is 0.180 e. The first-order valence-electron chi connectivity index (χ1n) is 21.8. The second-order valence-electron chi connectivity index (χ2n) is 16.4. The van der Waals surface area contributed by atoms with Crippen LogP contribution in [0.4, 0.5) is 0 Å². The van der Waals surface area contributed by atoms with Gasteiger partial charge in [0.15, 0.2) is 8.07 Å². The van der Waals surface area contributed by atoms with Crippen molar-refractivity contribution >= 4 is 72.4 Å². The van der Waals surface area contributed by atoms with Crippen LogP contribution in [0.2, 0.25) is 0 Å². The van der Waals surface area contributed by atoms with Crippen LogP contribution in [0.5, 0.6) is 0 Å². The molecule has 2 aromatic heterocycles. The summed E-state index contributed by atoms with van der Waals surface area (Å²) in [4.78, 5) is 0. The second-order valence-corrected chi connectivity index (χ2v) is 20.2. The van der Waals surface area contributed by atoms with Gasteiger partial charge in [-0.25, -0.2) is 0 Å². The molecule has 296 valence electrons. The highest BCUT2D eigenvalue weighted by Crippen LogP contribution is 2.41. The molecule has 12 aromatic rings. The second kappa shape index (κ2) is 15.2. The maximum absolute atomic E-state index is 2.87. The third-order valence-corrected chi connectivity index (χ3v) is 17.9. The number of rotatable bonds is 8. The highest BCUT2D eigenvalue weighted by atomic mass is 28.3. The molecule has 0 fully saturated rings. The summed E-state index contributed by atoms with van der Waals surface area (Å²) in [6, 6.07) is 94.2. The van der Waals surface area contributed by atoms with E-state index in [-0.39, 0.29) is 0 Å². The number of aromatic nitrogens is 2. The molecule has 0 aliphatic heterocycles. The van der Waals surface area contributed by atoms with E-state index in [1.54, 1.807) is 0 Å². The summed E-state index contributed by atoms with van der Waals surface area (Å²) in [5.41, 5.74) is 11.8. The van der Waals surface area contributed by atoms with Crippen molar-refractivity contribution in [2.75, 3.05) is 0 Å².